The minimum atomic E-state index is 0.434. The minimum absolute atomic E-state index is 0.434. The van der Waals surface area contributed by atoms with Crippen molar-refractivity contribution in [3.05, 3.63) is 18.4 Å². The van der Waals surface area contributed by atoms with Crippen LogP contribution >= 0.6 is 0 Å². The Bertz CT molecular complexity index is 442. The zero-order valence-corrected chi connectivity index (χ0v) is 9.04. The molecule has 0 aliphatic heterocycles. The van der Waals surface area contributed by atoms with Crippen molar-refractivity contribution in [1.82, 2.24) is 20.2 Å². The van der Waals surface area contributed by atoms with E-state index in [1.807, 2.05) is 16.8 Å². The monoisotopic (exact) mass is 218 g/mol. The van der Waals surface area contributed by atoms with E-state index in [0.717, 1.165) is 11.6 Å². The fourth-order valence-corrected chi connectivity index (χ4v) is 2.33. The van der Waals surface area contributed by atoms with Gasteiger partial charge in [-0.25, -0.2) is 4.68 Å². The number of aromatic nitrogens is 4. The van der Waals surface area contributed by atoms with Crippen LogP contribution in [0.15, 0.2) is 22.8 Å². The number of tetrazole rings is 1. The maximum absolute atomic E-state index is 5.35. The normalized spacial score (nSPS) is 17.8. The third-order valence-electron chi connectivity index (χ3n) is 3.15. The molecule has 2 aromatic heterocycles. The first kappa shape index (κ1) is 9.57. The smallest absolute Gasteiger partial charge is 0.218 e. The van der Waals surface area contributed by atoms with Gasteiger partial charge in [0.1, 0.15) is 0 Å². The molecule has 0 amide bonds. The molecule has 2 heterocycles. The predicted octanol–water partition coefficient (Wildman–Crippen LogP) is 2.44. The van der Waals surface area contributed by atoms with Crippen molar-refractivity contribution in [1.29, 1.82) is 0 Å². The lowest BCUT2D eigenvalue weighted by atomic mass is 9.95. The van der Waals surface area contributed by atoms with Crippen LogP contribution in [0.2, 0.25) is 0 Å². The van der Waals surface area contributed by atoms with Gasteiger partial charge in [-0.3, -0.25) is 0 Å². The molecule has 16 heavy (non-hydrogen) atoms. The SMILES string of the molecule is c1coc(-c2nnnn2C2CCCCC2)c1. The van der Waals surface area contributed by atoms with Crippen LogP contribution in [0.5, 0.6) is 0 Å². The molecule has 84 valence electrons. The predicted molar refractivity (Wildman–Crippen MR) is 57.6 cm³/mol. The Balaban J connectivity index is 1.92. The largest absolute Gasteiger partial charge is 0.461 e. The quantitative estimate of drug-likeness (QED) is 0.776. The molecule has 0 atom stereocenters. The van der Waals surface area contributed by atoms with Crippen LogP contribution in [0.1, 0.15) is 38.1 Å². The van der Waals surface area contributed by atoms with Gasteiger partial charge in [0.2, 0.25) is 5.82 Å². The zero-order valence-electron chi connectivity index (χ0n) is 9.04. The molecule has 5 heteroatoms. The minimum Gasteiger partial charge on any atom is -0.461 e. The van der Waals surface area contributed by atoms with E-state index in [1.54, 1.807) is 6.26 Å². The van der Waals surface area contributed by atoms with Gasteiger partial charge in [0, 0.05) is 0 Å². The average Bonchev–Trinajstić information content (AvgIpc) is 3.01. The van der Waals surface area contributed by atoms with Crippen LogP contribution in [0.25, 0.3) is 11.6 Å². The lowest BCUT2D eigenvalue weighted by Gasteiger charge is -2.21. The van der Waals surface area contributed by atoms with Crippen molar-refractivity contribution in [2.75, 3.05) is 0 Å². The summed E-state index contributed by atoms with van der Waals surface area (Å²) >= 11 is 0. The number of hydrogen-bond donors (Lipinski definition) is 0. The van der Waals surface area contributed by atoms with Crippen LogP contribution in [-0.2, 0) is 0 Å². The summed E-state index contributed by atoms with van der Waals surface area (Å²) in [6.07, 6.45) is 7.84. The third-order valence-corrected chi connectivity index (χ3v) is 3.15. The van der Waals surface area contributed by atoms with Gasteiger partial charge in [-0.05, 0) is 35.4 Å². The first-order valence-corrected chi connectivity index (χ1v) is 5.77. The van der Waals surface area contributed by atoms with Gasteiger partial charge in [0.15, 0.2) is 5.76 Å². The highest BCUT2D eigenvalue weighted by Gasteiger charge is 2.21. The summed E-state index contributed by atoms with van der Waals surface area (Å²) in [5.41, 5.74) is 0. The van der Waals surface area contributed by atoms with Crippen molar-refractivity contribution < 1.29 is 4.42 Å². The van der Waals surface area contributed by atoms with Crippen molar-refractivity contribution in [3.63, 3.8) is 0 Å². The van der Waals surface area contributed by atoms with Crippen molar-refractivity contribution in [2.24, 2.45) is 0 Å². The molecule has 1 saturated carbocycles. The van der Waals surface area contributed by atoms with E-state index in [4.69, 9.17) is 4.42 Å². The molecule has 0 radical (unpaired) electrons. The van der Waals surface area contributed by atoms with Crippen molar-refractivity contribution in [2.45, 2.75) is 38.1 Å². The Hall–Kier alpha value is -1.65. The van der Waals surface area contributed by atoms with Gasteiger partial charge >= 0.3 is 0 Å². The second kappa shape index (κ2) is 4.08. The van der Waals surface area contributed by atoms with Gasteiger partial charge < -0.3 is 4.42 Å². The molecule has 1 fully saturated rings. The highest BCUT2D eigenvalue weighted by Crippen LogP contribution is 2.30. The Kier molecular flexibility index (Phi) is 2.44. The Morgan fingerprint density at radius 1 is 1.25 bits per heavy atom. The van der Waals surface area contributed by atoms with Crippen molar-refractivity contribution >= 4 is 0 Å². The molecule has 1 aliphatic carbocycles. The summed E-state index contributed by atoms with van der Waals surface area (Å²) in [5, 5.41) is 11.9. The summed E-state index contributed by atoms with van der Waals surface area (Å²) in [7, 11) is 0. The van der Waals surface area contributed by atoms with Crippen LogP contribution < -0.4 is 0 Å². The molecule has 1 aliphatic rings. The molecule has 0 N–H and O–H groups in total. The molecule has 2 aromatic rings. The Morgan fingerprint density at radius 2 is 2.12 bits per heavy atom. The van der Waals surface area contributed by atoms with E-state index in [9.17, 15) is 0 Å². The lowest BCUT2D eigenvalue weighted by Crippen LogP contribution is -2.15. The fraction of sp³-hybridized carbons (Fsp3) is 0.545. The second-order valence-electron chi connectivity index (χ2n) is 4.22. The highest BCUT2D eigenvalue weighted by atomic mass is 16.3. The summed E-state index contributed by atoms with van der Waals surface area (Å²) in [5.74, 6) is 1.49. The lowest BCUT2D eigenvalue weighted by molar-refractivity contribution is 0.325. The molecular formula is C11H14N4O. The Morgan fingerprint density at radius 3 is 2.88 bits per heavy atom. The van der Waals surface area contributed by atoms with E-state index >= 15 is 0 Å². The molecule has 0 unspecified atom stereocenters. The molecule has 0 bridgehead atoms. The topological polar surface area (TPSA) is 56.7 Å². The van der Waals surface area contributed by atoms with Crippen LogP contribution in [0.4, 0.5) is 0 Å². The van der Waals surface area contributed by atoms with E-state index in [-0.39, 0.29) is 0 Å². The molecule has 0 saturated heterocycles. The first-order valence-electron chi connectivity index (χ1n) is 5.77. The summed E-state index contributed by atoms with van der Waals surface area (Å²) in [4.78, 5) is 0. The zero-order chi connectivity index (χ0) is 10.8. The molecule has 0 spiro atoms. The maximum Gasteiger partial charge on any atom is 0.218 e. The standard InChI is InChI=1S/C11H14N4O/c1-2-5-9(6-3-1)15-11(12-13-14-15)10-7-4-8-16-10/h4,7-9H,1-3,5-6H2. The summed E-state index contributed by atoms with van der Waals surface area (Å²) < 4.78 is 7.26. The van der Waals surface area contributed by atoms with Crippen LogP contribution in [-0.4, -0.2) is 20.2 Å². The van der Waals surface area contributed by atoms with E-state index in [1.165, 1.54) is 32.1 Å². The molecule has 3 rings (SSSR count). The maximum atomic E-state index is 5.35. The van der Waals surface area contributed by atoms with E-state index in [0.29, 0.717) is 6.04 Å². The van der Waals surface area contributed by atoms with Gasteiger partial charge in [0.05, 0.1) is 12.3 Å². The summed E-state index contributed by atoms with van der Waals surface area (Å²) in [6.45, 7) is 0. The highest BCUT2D eigenvalue weighted by molar-refractivity contribution is 5.45. The van der Waals surface area contributed by atoms with Gasteiger partial charge in [-0.2, -0.15) is 0 Å². The van der Waals surface area contributed by atoms with Crippen molar-refractivity contribution in [3.8, 4) is 11.6 Å². The van der Waals surface area contributed by atoms with E-state index in [2.05, 4.69) is 15.5 Å². The number of nitrogens with zero attached hydrogens (tertiary/aromatic N) is 4. The number of rotatable bonds is 2. The summed E-state index contributed by atoms with van der Waals surface area (Å²) in [6, 6.07) is 4.18. The Labute approximate surface area is 93.5 Å². The van der Waals surface area contributed by atoms with Crippen LogP contribution in [0.3, 0.4) is 0 Å². The second-order valence-corrected chi connectivity index (χ2v) is 4.22. The molecule has 5 nitrogen and oxygen atoms in total. The number of hydrogen-bond acceptors (Lipinski definition) is 4. The van der Waals surface area contributed by atoms with Gasteiger partial charge in [-0.15, -0.1) is 5.10 Å². The fourth-order valence-electron chi connectivity index (χ4n) is 2.33. The molecular weight excluding hydrogens is 204 g/mol. The number of furan rings is 1. The average molecular weight is 218 g/mol. The third kappa shape index (κ3) is 1.62. The van der Waals surface area contributed by atoms with Crippen LogP contribution in [0, 0.1) is 0 Å². The van der Waals surface area contributed by atoms with Gasteiger partial charge in [0.25, 0.3) is 0 Å². The van der Waals surface area contributed by atoms with Gasteiger partial charge in [-0.1, -0.05) is 19.3 Å². The first-order chi connectivity index (χ1) is 7.95. The van der Waals surface area contributed by atoms with E-state index < -0.39 is 0 Å². The molecule has 0 aromatic carbocycles.